The summed E-state index contributed by atoms with van der Waals surface area (Å²) in [5.74, 6) is -0.353. The molecule has 1 aliphatic rings. The predicted molar refractivity (Wildman–Crippen MR) is 89.0 cm³/mol. The molecule has 0 unspecified atom stereocenters. The van der Waals surface area contributed by atoms with Crippen LogP contribution in [0.1, 0.15) is 43.5 Å². The van der Waals surface area contributed by atoms with Gasteiger partial charge in [-0.25, -0.2) is 4.98 Å². The summed E-state index contributed by atoms with van der Waals surface area (Å²) in [7, 11) is 1.71. The number of aromatic nitrogens is 2. The zero-order chi connectivity index (χ0) is 16.6. The number of thiazole rings is 1. The summed E-state index contributed by atoms with van der Waals surface area (Å²) in [5.41, 5.74) is -0.293. The third-order valence-electron chi connectivity index (χ3n) is 5.28. The van der Waals surface area contributed by atoms with E-state index < -0.39 is 0 Å². The van der Waals surface area contributed by atoms with Gasteiger partial charge in [0.2, 0.25) is 0 Å². The van der Waals surface area contributed by atoms with Crippen molar-refractivity contribution in [2.75, 3.05) is 7.11 Å². The van der Waals surface area contributed by atoms with Crippen molar-refractivity contribution < 1.29 is 9.53 Å². The summed E-state index contributed by atoms with van der Waals surface area (Å²) in [5, 5.41) is 4.80. The van der Waals surface area contributed by atoms with Crippen molar-refractivity contribution in [2.45, 2.75) is 45.3 Å². The highest BCUT2D eigenvalue weighted by Crippen LogP contribution is 2.48. The highest BCUT2D eigenvalue weighted by molar-refractivity contribution is 7.15. The lowest BCUT2D eigenvalue weighted by Crippen LogP contribution is -2.64. The molecular weight excluding hydrogens is 314 g/mol. The van der Waals surface area contributed by atoms with Crippen molar-refractivity contribution in [1.29, 1.82) is 0 Å². The van der Waals surface area contributed by atoms with E-state index in [2.05, 4.69) is 24.1 Å². The van der Waals surface area contributed by atoms with E-state index in [4.69, 9.17) is 4.74 Å². The van der Waals surface area contributed by atoms with Gasteiger partial charge in [0, 0.05) is 36.3 Å². The molecule has 0 bridgehead atoms. The second-order valence-corrected chi connectivity index (χ2v) is 6.83. The molecule has 7 heteroatoms. The van der Waals surface area contributed by atoms with Crippen molar-refractivity contribution in [1.82, 2.24) is 14.7 Å². The van der Waals surface area contributed by atoms with Crippen LogP contribution < -0.4 is 10.9 Å². The first-order valence-corrected chi connectivity index (χ1v) is 8.73. The summed E-state index contributed by atoms with van der Waals surface area (Å²) >= 11 is 1.37. The normalized spacial score (nSPS) is 22.7. The number of nitrogens with one attached hydrogen (secondary N) is 1. The van der Waals surface area contributed by atoms with Gasteiger partial charge in [0.05, 0.1) is 6.10 Å². The molecule has 1 aliphatic carbocycles. The van der Waals surface area contributed by atoms with Crippen LogP contribution in [-0.4, -0.2) is 34.5 Å². The van der Waals surface area contributed by atoms with Gasteiger partial charge in [-0.05, 0) is 19.3 Å². The molecule has 0 saturated heterocycles. The van der Waals surface area contributed by atoms with E-state index in [1.807, 2.05) is 0 Å². The zero-order valence-corrected chi connectivity index (χ0v) is 14.4. The number of carbonyl (C=O) groups is 1. The molecule has 2 aromatic rings. The molecule has 2 heterocycles. The second-order valence-electron chi connectivity index (χ2n) is 5.96. The molecule has 2 aromatic heterocycles. The first-order chi connectivity index (χ1) is 11.1. The number of ether oxygens (including phenoxy) is 1. The fourth-order valence-electron chi connectivity index (χ4n) is 3.70. The van der Waals surface area contributed by atoms with Gasteiger partial charge in [0.25, 0.3) is 11.5 Å². The van der Waals surface area contributed by atoms with Crippen molar-refractivity contribution in [2.24, 2.45) is 5.41 Å². The maximum atomic E-state index is 12.5. The van der Waals surface area contributed by atoms with Gasteiger partial charge < -0.3 is 10.1 Å². The molecule has 1 fully saturated rings. The fraction of sp³-hybridized carbons (Fsp3) is 0.562. The van der Waals surface area contributed by atoms with Crippen molar-refractivity contribution in [3.63, 3.8) is 0 Å². The lowest BCUT2D eigenvalue weighted by Gasteiger charge is -2.55. The SMILES string of the molecule is CCC1(CC)[C@@H](OC)C[C@H]1NC(=O)c1cnc2sccn2c1=O. The molecule has 2 atom stereocenters. The number of nitrogens with zero attached hydrogens (tertiary/aromatic N) is 2. The number of rotatable bonds is 5. The Balaban J connectivity index is 1.84. The average molecular weight is 335 g/mol. The molecule has 6 nitrogen and oxygen atoms in total. The first-order valence-electron chi connectivity index (χ1n) is 7.86. The molecule has 1 N–H and O–H groups in total. The van der Waals surface area contributed by atoms with Crippen molar-refractivity contribution in [3.05, 3.63) is 33.7 Å². The smallest absolute Gasteiger partial charge is 0.271 e. The molecule has 23 heavy (non-hydrogen) atoms. The van der Waals surface area contributed by atoms with E-state index in [0.717, 1.165) is 19.3 Å². The van der Waals surface area contributed by atoms with E-state index >= 15 is 0 Å². The topological polar surface area (TPSA) is 72.7 Å². The van der Waals surface area contributed by atoms with Crippen LogP contribution in [0.25, 0.3) is 4.96 Å². The minimum Gasteiger partial charge on any atom is -0.381 e. The molecule has 3 rings (SSSR count). The Morgan fingerprint density at radius 3 is 2.91 bits per heavy atom. The number of carbonyl (C=O) groups excluding carboxylic acids is 1. The third-order valence-corrected chi connectivity index (χ3v) is 6.05. The lowest BCUT2D eigenvalue weighted by molar-refractivity contribution is -0.120. The maximum absolute atomic E-state index is 12.5. The number of hydrogen-bond acceptors (Lipinski definition) is 5. The molecule has 0 aromatic carbocycles. The Hall–Kier alpha value is -1.73. The number of methoxy groups -OCH3 is 1. The van der Waals surface area contributed by atoms with E-state index in [9.17, 15) is 9.59 Å². The molecule has 0 radical (unpaired) electrons. The Morgan fingerprint density at radius 1 is 1.52 bits per heavy atom. The van der Waals surface area contributed by atoms with Crippen molar-refractivity contribution in [3.8, 4) is 0 Å². The Bertz CT molecular complexity index is 778. The average Bonchev–Trinajstić information content (AvgIpc) is 3.02. The fourth-order valence-corrected chi connectivity index (χ4v) is 4.37. The van der Waals surface area contributed by atoms with Gasteiger partial charge in [-0.15, -0.1) is 11.3 Å². The molecule has 1 amide bonds. The molecule has 1 saturated carbocycles. The molecule has 0 aliphatic heterocycles. The maximum Gasteiger partial charge on any atom is 0.271 e. The Morgan fingerprint density at radius 2 is 2.26 bits per heavy atom. The third kappa shape index (κ3) is 2.38. The van der Waals surface area contributed by atoms with Gasteiger partial charge >= 0.3 is 0 Å². The number of fused-ring (bicyclic) bond motifs is 1. The van der Waals surface area contributed by atoms with Gasteiger partial charge in [-0.1, -0.05) is 13.8 Å². The van der Waals surface area contributed by atoms with Gasteiger partial charge in [-0.3, -0.25) is 14.0 Å². The summed E-state index contributed by atoms with van der Waals surface area (Å²) in [4.78, 5) is 29.7. The molecular formula is C16H21N3O3S. The van der Waals surface area contributed by atoms with Crippen molar-refractivity contribution >= 4 is 22.2 Å². The van der Waals surface area contributed by atoms with Gasteiger partial charge in [0.15, 0.2) is 4.96 Å². The van der Waals surface area contributed by atoms with E-state index in [-0.39, 0.29) is 34.6 Å². The molecule has 0 spiro atoms. The number of hydrogen-bond donors (Lipinski definition) is 1. The highest BCUT2D eigenvalue weighted by Gasteiger charge is 2.53. The van der Waals surface area contributed by atoms with E-state index in [1.165, 1.54) is 21.9 Å². The predicted octanol–water partition coefficient (Wildman–Crippen LogP) is 2.08. The minimum atomic E-state index is -0.353. The Kier molecular flexibility index (Phi) is 4.25. The van der Waals surface area contributed by atoms with Crippen LogP contribution in [0.2, 0.25) is 0 Å². The molecule has 124 valence electrons. The van der Waals surface area contributed by atoms with Crippen LogP contribution in [0.4, 0.5) is 0 Å². The van der Waals surface area contributed by atoms with Crippen LogP contribution in [0.15, 0.2) is 22.6 Å². The monoisotopic (exact) mass is 335 g/mol. The highest BCUT2D eigenvalue weighted by atomic mass is 32.1. The quantitative estimate of drug-likeness (QED) is 0.908. The van der Waals surface area contributed by atoms with E-state index in [1.54, 1.807) is 18.7 Å². The summed E-state index contributed by atoms with van der Waals surface area (Å²) < 4.78 is 6.95. The number of amides is 1. The van der Waals surface area contributed by atoms with Gasteiger partial charge in [0.1, 0.15) is 5.56 Å². The second kappa shape index (κ2) is 6.05. The van der Waals surface area contributed by atoms with E-state index in [0.29, 0.717) is 4.96 Å². The van der Waals surface area contributed by atoms with Crippen LogP contribution >= 0.6 is 11.3 Å². The summed E-state index contributed by atoms with van der Waals surface area (Å²) in [6.07, 6.45) is 5.79. The van der Waals surface area contributed by atoms with Crippen LogP contribution in [0.5, 0.6) is 0 Å². The summed E-state index contributed by atoms with van der Waals surface area (Å²) in [6.45, 7) is 4.23. The van der Waals surface area contributed by atoms with Gasteiger partial charge in [-0.2, -0.15) is 0 Å². The summed E-state index contributed by atoms with van der Waals surface area (Å²) in [6, 6.07) is 0.0255. The van der Waals surface area contributed by atoms with Crippen LogP contribution in [0.3, 0.4) is 0 Å². The first kappa shape index (κ1) is 16.1. The zero-order valence-electron chi connectivity index (χ0n) is 13.5. The lowest BCUT2D eigenvalue weighted by atomic mass is 9.58. The minimum absolute atomic E-state index is 0.0255. The largest absolute Gasteiger partial charge is 0.381 e. The Labute approximate surface area is 138 Å². The standard InChI is InChI=1S/C16H21N3O3S/c1-4-16(5-2)11(8-12(16)22-3)18-13(20)10-9-17-15-19(14(10)21)6-7-23-15/h6-7,9,11-12H,4-5,8H2,1-3H3,(H,18,20)/t11-,12+/m1/s1. The van der Waals surface area contributed by atoms with Crippen LogP contribution in [0, 0.1) is 5.41 Å². The van der Waals surface area contributed by atoms with Crippen LogP contribution in [-0.2, 0) is 4.74 Å².